The summed E-state index contributed by atoms with van der Waals surface area (Å²) in [6.07, 6.45) is 4.09. The smallest absolute Gasteiger partial charge is 0.169 e. The van der Waals surface area contributed by atoms with Crippen LogP contribution in [0.25, 0.3) is 0 Å². The Balaban J connectivity index is 1.93. The SMILES string of the molecule is C[C@@H](COc1ccccc1)n1cnc(C=O)c1. The average molecular weight is 230 g/mol. The minimum absolute atomic E-state index is 0.136. The van der Waals surface area contributed by atoms with Gasteiger partial charge >= 0.3 is 0 Å². The Labute approximate surface area is 99.9 Å². The number of hydrogen-bond donors (Lipinski definition) is 0. The zero-order chi connectivity index (χ0) is 12.1. The Kier molecular flexibility index (Phi) is 3.55. The molecule has 0 aliphatic carbocycles. The summed E-state index contributed by atoms with van der Waals surface area (Å²) in [6.45, 7) is 2.55. The highest BCUT2D eigenvalue weighted by Gasteiger charge is 2.06. The number of carbonyl (C=O) groups is 1. The lowest BCUT2D eigenvalue weighted by atomic mass is 10.3. The number of aromatic nitrogens is 2. The van der Waals surface area contributed by atoms with Gasteiger partial charge in [-0.2, -0.15) is 0 Å². The molecule has 4 heteroatoms. The maximum atomic E-state index is 10.5. The van der Waals surface area contributed by atoms with Crippen LogP contribution in [0, 0.1) is 0 Å². The van der Waals surface area contributed by atoms with Crippen LogP contribution in [0.15, 0.2) is 42.9 Å². The second-order valence-corrected chi connectivity index (χ2v) is 3.84. The summed E-state index contributed by atoms with van der Waals surface area (Å²) in [5, 5.41) is 0. The molecule has 0 N–H and O–H groups in total. The first-order valence-corrected chi connectivity index (χ1v) is 5.46. The van der Waals surface area contributed by atoms with E-state index in [-0.39, 0.29) is 6.04 Å². The van der Waals surface area contributed by atoms with Crippen LogP contribution in [0.2, 0.25) is 0 Å². The fourth-order valence-corrected chi connectivity index (χ4v) is 1.47. The number of hydrogen-bond acceptors (Lipinski definition) is 3. The van der Waals surface area contributed by atoms with Gasteiger partial charge in [-0.1, -0.05) is 18.2 Å². The van der Waals surface area contributed by atoms with Gasteiger partial charge in [0.25, 0.3) is 0 Å². The van der Waals surface area contributed by atoms with Crippen LogP contribution in [0.5, 0.6) is 5.75 Å². The first kappa shape index (κ1) is 11.4. The van der Waals surface area contributed by atoms with E-state index in [1.54, 1.807) is 12.5 Å². The quantitative estimate of drug-likeness (QED) is 0.740. The summed E-state index contributed by atoms with van der Waals surface area (Å²) in [5.74, 6) is 0.843. The number of imidazole rings is 1. The lowest BCUT2D eigenvalue weighted by molar-refractivity contribution is 0.111. The predicted octanol–water partition coefficient (Wildman–Crippen LogP) is 2.34. The van der Waals surface area contributed by atoms with Crippen molar-refractivity contribution < 1.29 is 9.53 Å². The minimum atomic E-state index is 0.136. The molecule has 1 heterocycles. The lowest BCUT2D eigenvalue weighted by Gasteiger charge is -2.14. The molecule has 2 aromatic rings. The highest BCUT2D eigenvalue weighted by atomic mass is 16.5. The maximum Gasteiger partial charge on any atom is 0.169 e. The van der Waals surface area contributed by atoms with E-state index in [0.29, 0.717) is 12.3 Å². The summed E-state index contributed by atoms with van der Waals surface area (Å²) in [7, 11) is 0. The first-order chi connectivity index (χ1) is 8.29. The molecule has 2 rings (SSSR count). The Morgan fingerprint density at radius 2 is 2.18 bits per heavy atom. The molecule has 1 atom stereocenters. The van der Waals surface area contributed by atoms with E-state index in [1.807, 2.05) is 41.8 Å². The topological polar surface area (TPSA) is 44.1 Å². The third-order valence-corrected chi connectivity index (χ3v) is 2.49. The highest BCUT2D eigenvalue weighted by Crippen LogP contribution is 2.12. The second-order valence-electron chi connectivity index (χ2n) is 3.84. The molecule has 1 aromatic heterocycles. The number of nitrogens with zero attached hydrogens (tertiary/aromatic N) is 2. The van der Waals surface area contributed by atoms with Gasteiger partial charge in [0.05, 0.1) is 12.4 Å². The lowest BCUT2D eigenvalue weighted by Crippen LogP contribution is -2.12. The molecular weight excluding hydrogens is 216 g/mol. The van der Waals surface area contributed by atoms with Crippen molar-refractivity contribution in [2.45, 2.75) is 13.0 Å². The van der Waals surface area contributed by atoms with E-state index < -0.39 is 0 Å². The molecule has 4 nitrogen and oxygen atoms in total. The van der Waals surface area contributed by atoms with Crippen molar-refractivity contribution in [3.05, 3.63) is 48.5 Å². The summed E-state index contributed by atoms with van der Waals surface area (Å²) in [4.78, 5) is 14.5. The molecule has 0 amide bonds. The van der Waals surface area contributed by atoms with Crippen LogP contribution >= 0.6 is 0 Å². The monoisotopic (exact) mass is 230 g/mol. The molecule has 17 heavy (non-hydrogen) atoms. The van der Waals surface area contributed by atoms with Gasteiger partial charge in [0.2, 0.25) is 0 Å². The number of para-hydroxylation sites is 1. The third-order valence-electron chi connectivity index (χ3n) is 2.49. The van der Waals surface area contributed by atoms with Crippen LogP contribution in [0.4, 0.5) is 0 Å². The van der Waals surface area contributed by atoms with Gasteiger partial charge in [-0.05, 0) is 19.1 Å². The molecule has 88 valence electrons. The van der Waals surface area contributed by atoms with Crippen LogP contribution in [0.3, 0.4) is 0 Å². The van der Waals surface area contributed by atoms with Crippen molar-refractivity contribution in [2.24, 2.45) is 0 Å². The van der Waals surface area contributed by atoms with Gasteiger partial charge in [-0.3, -0.25) is 4.79 Å². The molecule has 0 aliphatic heterocycles. The molecule has 0 fully saturated rings. The van der Waals surface area contributed by atoms with E-state index in [0.717, 1.165) is 12.0 Å². The van der Waals surface area contributed by atoms with Gasteiger partial charge in [0.15, 0.2) is 6.29 Å². The van der Waals surface area contributed by atoms with E-state index in [9.17, 15) is 4.79 Å². The van der Waals surface area contributed by atoms with Crippen molar-refractivity contribution in [2.75, 3.05) is 6.61 Å². The number of ether oxygens (including phenoxy) is 1. The molecule has 0 bridgehead atoms. The average Bonchev–Trinajstić information content (AvgIpc) is 2.86. The third kappa shape index (κ3) is 2.93. The van der Waals surface area contributed by atoms with Crippen LogP contribution in [-0.4, -0.2) is 22.4 Å². The molecule has 0 radical (unpaired) electrons. The van der Waals surface area contributed by atoms with E-state index in [2.05, 4.69) is 4.98 Å². The minimum Gasteiger partial charge on any atom is -0.491 e. The number of benzene rings is 1. The zero-order valence-electron chi connectivity index (χ0n) is 9.61. The largest absolute Gasteiger partial charge is 0.491 e. The molecule has 0 unspecified atom stereocenters. The predicted molar refractivity (Wildman–Crippen MR) is 64.3 cm³/mol. The van der Waals surface area contributed by atoms with Gasteiger partial charge in [-0.15, -0.1) is 0 Å². The van der Waals surface area contributed by atoms with E-state index >= 15 is 0 Å². The molecule has 0 spiro atoms. The van der Waals surface area contributed by atoms with Gasteiger partial charge in [-0.25, -0.2) is 4.98 Å². The molecule has 0 aliphatic rings. The number of carbonyl (C=O) groups excluding carboxylic acids is 1. The number of aldehydes is 1. The summed E-state index contributed by atoms with van der Waals surface area (Å²) in [6, 6.07) is 9.78. The first-order valence-electron chi connectivity index (χ1n) is 5.46. The Hall–Kier alpha value is -2.10. The van der Waals surface area contributed by atoms with Crippen molar-refractivity contribution in [3.63, 3.8) is 0 Å². The standard InChI is InChI=1S/C13H14N2O2/c1-11(15-7-12(8-16)14-10-15)9-17-13-5-3-2-4-6-13/h2-8,10-11H,9H2,1H3/t11-/m0/s1. The van der Waals surface area contributed by atoms with Crippen LogP contribution in [-0.2, 0) is 0 Å². The molecular formula is C13H14N2O2. The van der Waals surface area contributed by atoms with Crippen LogP contribution in [0.1, 0.15) is 23.5 Å². The van der Waals surface area contributed by atoms with Crippen molar-refractivity contribution in [3.8, 4) is 5.75 Å². The van der Waals surface area contributed by atoms with Crippen molar-refractivity contribution >= 4 is 6.29 Å². The Morgan fingerprint density at radius 3 is 2.82 bits per heavy atom. The fourth-order valence-electron chi connectivity index (χ4n) is 1.47. The summed E-state index contributed by atoms with van der Waals surface area (Å²) in [5.41, 5.74) is 0.441. The normalized spacial score (nSPS) is 12.1. The molecule has 0 saturated carbocycles. The zero-order valence-corrected chi connectivity index (χ0v) is 9.61. The fraction of sp³-hybridized carbons (Fsp3) is 0.231. The van der Waals surface area contributed by atoms with Crippen molar-refractivity contribution in [1.82, 2.24) is 9.55 Å². The Morgan fingerprint density at radius 1 is 1.41 bits per heavy atom. The van der Waals surface area contributed by atoms with E-state index in [1.165, 1.54) is 0 Å². The van der Waals surface area contributed by atoms with Crippen LogP contribution < -0.4 is 4.74 Å². The summed E-state index contributed by atoms with van der Waals surface area (Å²) < 4.78 is 7.50. The molecule has 1 aromatic carbocycles. The maximum absolute atomic E-state index is 10.5. The number of rotatable bonds is 5. The van der Waals surface area contributed by atoms with Gasteiger partial charge in [0, 0.05) is 6.20 Å². The van der Waals surface area contributed by atoms with Gasteiger partial charge < -0.3 is 9.30 Å². The van der Waals surface area contributed by atoms with E-state index in [4.69, 9.17) is 4.74 Å². The second kappa shape index (κ2) is 5.30. The highest BCUT2D eigenvalue weighted by molar-refractivity contribution is 5.70. The summed E-state index contributed by atoms with van der Waals surface area (Å²) >= 11 is 0. The van der Waals surface area contributed by atoms with Gasteiger partial charge in [0.1, 0.15) is 18.1 Å². The van der Waals surface area contributed by atoms with Crippen molar-refractivity contribution in [1.29, 1.82) is 0 Å². The molecule has 0 saturated heterocycles. The Bertz CT molecular complexity index is 479.